The standard InChI is InChI=1S/C22H28FN3O2/c1-17-4-6-18(7-5-17)16-25-12-14-26(15-13-25)21(27)24-19-8-10-20(11-9-19)28-22(2,3)23/h4-11H,12-16H2,1-3H3,(H,24,27). The lowest BCUT2D eigenvalue weighted by Gasteiger charge is -2.34. The van der Waals surface area contributed by atoms with Crippen LogP contribution in [0.15, 0.2) is 48.5 Å². The van der Waals surface area contributed by atoms with E-state index in [0.29, 0.717) is 24.5 Å². The van der Waals surface area contributed by atoms with Crippen molar-refractivity contribution in [3.63, 3.8) is 0 Å². The van der Waals surface area contributed by atoms with Gasteiger partial charge in [-0.15, -0.1) is 0 Å². The van der Waals surface area contributed by atoms with Gasteiger partial charge >= 0.3 is 6.03 Å². The molecular formula is C22H28FN3O2. The monoisotopic (exact) mass is 385 g/mol. The van der Waals surface area contributed by atoms with Gasteiger partial charge in [-0.3, -0.25) is 4.90 Å². The van der Waals surface area contributed by atoms with Crippen molar-refractivity contribution in [3.8, 4) is 5.75 Å². The number of nitrogens with one attached hydrogen (secondary N) is 1. The fraction of sp³-hybridized carbons (Fsp3) is 0.409. The largest absolute Gasteiger partial charge is 0.459 e. The maximum Gasteiger partial charge on any atom is 0.321 e. The van der Waals surface area contributed by atoms with Crippen molar-refractivity contribution in [3.05, 3.63) is 59.7 Å². The Morgan fingerprint density at radius 1 is 1.04 bits per heavy atom. The van der Waals surface area contributed by atoms with E-state index in [2.05, 4.69) is 41.4 Å². The number of benzene rings is 2. The number of hydrogen-bond acceptors (Lipinski definition) is 3. The van der Waals surface area contributed by atoms with Crippen LogP contribution in [0.25, 0.3) is 0 Å². The second kappa shape index (κ2) is 8.61. The molecule has 3 rings (SSSR count). The summed E-state index contributed by atoms with van der Waals surface area (Å²) in [5.41, 5.74) is 3.22. The van der Waals surface area contributed by atoms with Gasteiger partial charge in [-0.1, -0.05) is 29.8 Å². The van der Waals surface area contributed by atoms with Gasteiger partial charge in [-0.25, -0.2) is 4.79 Å². The maximum absolute atomic E-state index is 13.5. The van der Waals surface area contributed by atoms with E-state index in [0.717, 1.165) is 19.6 Å². The molecule has 5 nitrogen and oxygen atoms in total. The molecule has 28 heavy (non-hydrogen) atoms. The van der Waals surface area contributed by atoms with Crippen molar-refractivity contribution in [2.75, 3.05) is 31.5 Å². The molecule has 150 valence electrons. The van der Waals surface area contributed by atoms with Crippen LogP contribution in [0.1, 0.15) is 25.0 Å². The molecule has 6 heteroatoms. The molecule has 0 unspecified atom stereocenters. The maximum atomic E-state index is 13.5. The van der Waals surface area contributed by atoms with Gasteiger partial charge in [0.15, 0.2) is 0 Å². The predicted molar refractivity (Wildman–Crippen MR) is 109 cm³/mol. The Morgan fingerprint density at radius 2 is 1.64 bits per heavy atom. The van der Waals surface area contributed by atoms with Crippen molar-refractivity contribution >= 4 is 11.7 Å². The van der Waals surface area contributed by atoms with Gasteiger partial charge in [-0.05, 0) is 36.8 Å². The zero-order valence-electron chi connectivity index (χ0n) is 16.7. The summed E-state index contributed by atoms with van der Waals surface area (Å²) in [6.07, 6.45) is 0. The number of nitrogens with zero attached hydrogens (tertiary/aromatic N) is 2. The zero-order valence-corrected chi connectivity index (χ0v) is 16.7. The van der Waals surface area contributed by atoms with E-state index in [1.54, 1.807) is 24.3 Å². The fourth-order valence-electron chi connectivity index (χ4n) is 3.15. The van der Waals surface area contributed by atoms with Crippen molar-refractivity contribution in [1.82, 2.24) is 9.80 Å². The lowest BCUT2D eigenvalue weighted by atomic mass is 10.1. The normalized spacial score (nSPS) is 15.4. The summed E-state index contributed by atoms with van der Waals surface area (Å²) in [4.78, 5) is 16.7. The number of ether oxygens (including phenoxy) is 1. The second-order valence-electron chi connectivity index (χ2n) is 7.67. The first-order valence-electron chi connectivity index (χ1n) is 9.60. The molecule has 1 saturated heterocycles. The van der Waals surface area contributed by atoms with Crippen molar-refractivity contribution in [2.45, 2.75) is 33.2 Å². The number of alkyl halides is 1. The molecule has 2 amide bonds. The molecule has 0 aromatic heterocycles. The lowest BCUT2D eigenvalue weighted by molar-refractivity contribution is -0.0256. The molecule has 1 aliphatic heterocycles. The first kappa shape index (κ1) is 20.1. The minimum Gasteiger partial charge on any atom is -0.459 e. The number of hydrogen-bond donors (Lipinski definition) is 1. The highest BCUT2D eigenvalue weighted by atomic mass is 19.2. The van der Waals surface area contributed by atoms with Gasteiger partial charge in [0.1, 0.15) is 5.75 Å². The highest BCUT2D eigenvalue weighted by Crippen LogP contribution is 2.21. The first-order chi connectivity index (χ1) is 13.3. The van der Waals surface area contributed by atoms with Gasteiger partial charge in [0.25, 0.3) is 0 Å². The fourth-order valence-corrected chi connectivity index (χ4v) is 3.15. The Hall–Kier alpha value is -2.60. The van der Waals surface area contributed by atoms with E-state index in [-0.39, 0.29) is 6.03 Å². The smallest absolute Gasteiger partial charge is 0.321 e. The van der Waals surface area contributed by atoms with Crippen LogP contribution in [0.3, 0.4) is 0 Å². The number of carbonyl (C=O) groups excluding carboxylic acids is 1. The van der Waals surface area contributed by atoms with Gasteiger partial charge in [0.2, 0.25) is 5.85 Å². The average Bonchev–Trinajstić information content (AvgIpc) is 2.65. The van der Waals surface area contributed by atoms with E-state index in [4.69, 9.17) is 4.74 Å². The summed E-state index contributed by atoms with van der Waals surface area (Å²) in [6, 6.07) is 15.2. The number of halogens is 1. The summed E-state index contributed by atoms with van der Waals surface area (Å²) >= 11 is 0. The van der Waals surface area contributed by atoms with Crippen LogP contribution in [0.5, 0.6) is 5.75 Å². The van der Waals surface area contributed by atoms with Gasteiger partial charge in [-0.2, -0.15) is 4.39 Å². The number of rotatable bonds is 5. The number of carbonyl (C=O) groups is 1. The Morgan fingerprint density at radius 3 is 2.21 bits per heavy atom. The van der Waals surface area contributed by atoms with Crippen LogP contribution in [0.4, 0.5) is 14.9 Å². The van der Waals surface area contributed by atoms with Crippen LogP contribution in [0.2, 0.25) is 0 Å². The quantitative estimate of drug-likeness (QED) is 0.828. The van der Waals surface area contributed by atoms with E-state index in [9.17, 15) is 9.18 Å². The van der Waals surface area contributed by atoms with Crippen LogP contribution < -0.4 is 10.1 Å². The number of piperazine rings is 1. The summed E-state index contributed by atoms with van der Waals surface area (Å²) in [5.74, 6) is -1.31. The average molecular weight is 385 g/mol. The van der Waals surface area contributed by atoms with Crippen LogP contribution in [0, 0.1) is 6.92 Å². The molecule has 0 aliphatic carbocycles. The molecule has 1 fully saturated rings. The Bertz CT molecular complexity index is 777. The van der Waals surface area contributed by atoms with Crippen LogP contribution >= 0.6 is 0 Å². The molecular weight excluding hydrogens is 357 g/mol. The van der Waals surface area contributed by atoms with Crippen LogP contribution in [-0.2, 0) is 6.54 Å². The van der Waals surface area contributed by atoms with E-state index < -0.39 is 5.85 Å². The van der Waals surface area contributed by atoms with Gasteiger partial charge in [0.05, 0.1) is 0 Å². The zero-order chi connectivity index (χ0) is 20.1. The summed E-state index contributed by atoms with van der Waals surface area (Å²) < 4.78 is 18.7. The molecule has 0 atom stereocenters. The van der Waals surface area contributed by atoms with Crippen molar-refractivity contribution < 1.29 is 13.9 Å². The first-order valence-corrected chi connectivity index (χ1v) is 9.60. The highest BCUT2D eigenvalue weighted by molar-refractivity contribution is 5.89. The molecule has 2 aromatic rings. The third-order valence-corrected chi connectivity index (χ3v) is 4.65. The third-order valence-electron chi connectivity index (χ3n) is 4.65. The van der Waals surface area contributed by atoms with Crippen molar-refractivity contribution in [1.29, 1.82) is 0 Å². The Kier molecular flexibility index (Phi) is 6.19. The lowest BCUT2D eigenvalue weighted by Crippen LogP contribution is -2.49. The molecule has 1 aliphatic rings. The Labute approximate surface area is 166 Å². The molecule has 1 heterocycles. The SMILES string of the molecule is Cc1ccc(CN2CCN(C(=O)Nc3ccc(OC(C)(C)F)cc3)CC2)cc1. The molecule has 0 spiro atoms. The molecule has 0 bridgehead atoms. The predicted octanol–water partition coefficient (Wildman–Crippen LogP) is 4.43. The van der Waals surface area contributed by atoms with Gasteiger partial charge < -0.3 is 15.0 Å². The molecule has 0 radical (unpaired) electrons. The second-order valence-corrected chi connectivity index (χ2v) is 7.67. The molecule has 0 saturated carbocycles. The molecule has 2 aromatic carbocycles. The Balaban J connectivity index is 1.46. The topological polar surface area (TPSA) is 44.8 Å². The van der Waals surface area contributed by atoms with Gasteiger partial charge in [0, 0.05) is 52.3 Å². The van der Waals surface area contributed by atoms with Crippen LogP contribution in [-0.4, -0.2) is 47.9 Å². The number of aryl methyl sites for hydroxylation is 1. The minimum atomic E-state index is -1.73. The number of anilines is 1. The highest BCUT2D eigenvalue weighted by Gasteiger charge is 2.21. The third kappa shape index (κ3) is 5.96. The minimum absolute atomic E-state index is 0.116. The van der Waals surface area contributed by atoms with Crippen molar-refractivity contribution in [2.24, 2.45) is 0 Å². The number of amides is 2. The van der Waals surface area contributed by atoms with E-state index in [1.165, 1.54) is 25.0 Å². The van der Waals surface area contributed by atoms with E-state index in [1.807, 2.05) is 4.90 Å². The number of urea groups is 1. The summed E-state index contributed by atoms with van der Waals surface area (Å²) in [5, 5.41) is 2.89. The summed E-state index contributed by atoms with van der Waals surface area (Å²) in [7, 11) is 0. The van der Waals surface area contributed by atoms with E-state index >= 15 is 0 Å². The molecule has 1 N–H and O–H groups in total. The summed E-state index contributed by atoms with van der Waals surface area (Å²) in [6.45, 7) is 8.76.